The highest BCUT2D eigenvalue weighted by molar-refractivity contribution is 9.10. The van der Waals surface area contributed by atoms with Crippen LogP contribution in [0.3, 0.4) is 0 Å². The molecule has 0 aliphatic carbocycles. The summed E-state index contributed by atoms with van der Waals surface area (Å²) in [5, 5.41) is 2.87. The highest BCUT2D eigenvalue weighted by atomic mass is 79.9. The third-order valence-corrected chi connectivity index (χ3v) is 4.28. The number of nitrogens with one attached hydrogen (secondary N) is 1. The van der Waals surface area contributed by atoms with Crippen LogP contribution >= 0.6 is 15.9 Å². The first-order valence-electron chi connectivity index (χ1n) is 7.22. The SMILES string of the molecule is CC(C)C1NC(=O)C(C(C)C)N(c2ccc(Br)cc2)C1=O. The van der Waals surface area contributed by atoms with Crippen LogP contribution in [0.15, 0.2) is 28.7 Å². The molecule has 114 valence electrons. The molecule has 0 saturated carbocycles. The molecule has 2 rings (SSSR count). The minimum atomic E-state index is -0.464. The Balaban J connectivity index is 2.45. The molecule has 5 heteroatoms. The predicted octanol–water partition coefficient (Wildman–Crippen LogP) is 2.96. The van der Waals surface area contributed by atoms with Crippen molar-refractivity contribution in [1.29, 1.82) is 0 Å². The number of hydrogen-bond acceptors (Lipinski definition) is 2. The minimum Gasteiger partial charge on any atom is -0.342 e. The van der Waals surface area contributed by atoms with Gasteiger partial charge in [-0.2, -0.15) is 0 Å². The summed E-state index contributed by atoms with van der Waals surface area (Å²) in [4.78, 5) is 26.9. The number of amides is 2. The lowest BCUT2D eigenvalue weighted by Gasteiger charge is -2.42. The quantitative estimate of drug-likeness (QED) is 0.908. The molecule has 1 aliphatic heterocycles. The molecule has 1 aromatic carbocycles. The summed E-state index contributed by atoms with van der Waals surface area (Å²) in [5.41, 5.74) is 0.766. The summed E-state index contributed by atoms with van der Waals surface area (Å²) >= 11 is 3.39. The Bertz CT molecular complexity index is 540. The number of halogens is 1. The van der Waals surface area contributed by atoms with Crippen molar-refractivity contribution in [1.82, 2.24) is 5.32 Å². The molecular weight excluding hydrogens is 332 g/mol. The number of anilines is 1. The Hall–Kier alpha value is -1.36. The van der Waals surface area contributed by atoms with Gasteiger partial charge >= 0.3 is 0 Å². The molecule has 0 bridgehead atoms. The van der Waals surface area contributed by atoms with E-state index in [0.29, 0.717) is 0 Å². The van der Waals surface area contributed by atoms with Crippen molar-refractivity contribution in [3.8, 4) is 0 Å². The molecule has 1 heterocycles. The lowest BCUT2D eigenvalue weighted by atomic mass is 9.92. The van der Waals surface area contributed by atoms with Gasteiger partial charge in [-0.25, -0.2) is 0 Å². The van der Waals surface area contributed by atoms with Crippen LogP contribution in [0.25, 0.3) is 0 Å². The van der Waals surface area contributed by atoms with Gasteiger partial charge in [-0.05, 0) is 36.1 Å². The summed E-state index contributed by atoms with van der Waals surface area (Å²) in [6, 6.07) is 6.58. The summed E-state index contributed by atoms with van der Waals surface area (Å²) in [6.07, 6.45) is 0. The standard InChI is InChI=1S/C16H21BrN2O2/c1-9(2)13-16(21)19(12-7-5-11(17)6-8-12)14(10(3)4)15(20)18-13/h5-10,13-14H,1-4H3,(H,18,20). The average Bonchev–Trinajstić information content (AvgIpc) is 2.41. The van der Waals surface area contributed by atoms with Crippen molar-refractivity contribution < 1.29 is 9.59 Å². The molecule has 1 aromatic rings. The zero-order valence-electron chi connectivity index (χ0n) is 12.8. The number of nitrogens with zero attached hydrogens (tertiary/aromatic N) is 1. The number of carbonyl (C=O) groups is 2. The zero-order valence-corrected chi connectivity index (χ0v) is 14.3. The second-order valence-corrected chi connectivity index (χ2v) is 7.02. The van der Waals surface area contributed by atoms with E-state index in [-0.39, 0.29) is 23.7 Å². The fourth-order valence-corrected chi connectivity index (χ4v) is 2.91. The maximum absolute atomic E-state index is 12.8. The van der Waals surface area contributed by atoms with E-state index in [4.69, 9.17) is 0 Å². The van der Waals surface area contributed by atoms with Crippen LogP contribution in [-0.4, -0.2) is 23.9 Å². The van der Waals surface area contributed by atoms with E-state index in [1.165, 1.54) is 0 Å². The highest BCUT2D eigenvalue weighted by Gasteiger charge is 2.43. The van der Waals surface area contributed by atoms with E-state index in [2.05, 4.69) is 21.2 Å². The smallest absolute Gasteiger partial charge is 0.250 e. The highest BCUT2D eigenvalue weighted by Crippen LogP contribution is 2.28. The first kappa shape index (κ1) is 16.0. The lowest BCUT2D eigenvalue weighted by Crippen LogP contribution is -2.66. The van der Waals surface area contributed by atoms with Gasteiger partial charge in [0.1, 0.15) is 12.1 Å². The van der Waals surface area contributed by atoms with Crippen molar-refractivity contribution in [3.05, 3.63) is 28.7 Å². The molecule has 2 atom stereocenters. The largest absolute Gasteiger partial charge is 0.342 e. The molecule has 2 amide bonds. The zero-order chi connectivity index (χ0) is 15.7. The Labute approximate surface area is 134 Å². The fraction of sp³-hybridized carbons (Fsp3) is 0.500. The molecule has 1 N–H and O–H groups in total. The Morgan fingerprint density at radius 3 is 2.10 bits per heavy atom. The molecule has 1 saturated heterocycles. The van der Waals surface area contributed by atoms with E-state index < -0.39 is 12.1 Å². The van der Waals surface area contributed by atoms with Crippen LogP contribution in [0.4, 0.5) is 5.69 Å². The Morgan fingerprint density at radius 2 is 1.62 bits per heavy atom. The minimum absolute atomic E-state index is 0.0365. The molecule has 1 fully saturated rings. The molecule has 2 unspecified atom stereocenters. The normalized spacial score (nSPS) is 22.9. The van der Waals surface area contributed by atoms with Gasteiger partial charge < -0.3 is 5.32 Å². The van der Waals surface area contributed by atoms with Gasteiger partial charge in [0, 0.05) is 10.2 Å². The van der Waals surface area contributed by atoms with Crippen molar-refractivity contribution in [2.45, 2.75) is 39.8 Å². The number of rotatable bonds is 3. The molecule has 21 heavy (non-hydrogen) atoms. The molecule has 0 radical (unpaired) electrons. The maximum Gasteiger partial charge on any atom is 0.250 e. The van der Waals surface area contributed by atoms with E-state index >= 15 is 0 Å². The average molecular weight is 353 g/mol. The molecular formula is C16H21BrN2O2. The van der Waals surface area contributed by atoms with Crippen molar-refractivity contribution in [3.63, 3.8) is 0 Å². The van der Waals surface area contributed by atoms with E-state index in [1.807, 2.05) is 52.0 Å². The lowest BCUT2D eigenvalue weighted by molar-refractivity contribution is -0.135. The van der Waals surface area contributed by atoms with Crippen LogP contribution in [-0.2, 0) is 9.59 Å². The third-order valence-electron chi connectivity index (χ3n) is 3.75. The molecule has 1 aliphatic rings. The molecule has 4 nitrogen and oxygen atoms in total. The van der Waals surface area contributed by atoms with E-state index in [1.54, 1.807) is 4.90 Å². The van der Waals surface area contributed by atoms with Crippen LogP contribution in [0, 0.1) is 11.8 Å². The molecule has 0 aromatic heterocycles. The summed E-state index contributed by atoms with van der Waals surface area (Å²) in [6.45, 7) is 7.80. The van der Waals surface area contributed by atoms with Crippen LogP contribution in [0.5, 0.6) is 0 Å². The molecule has 0 spiro atoms. The van der Waals surface area contributed by atoms with Crippen LogP contribution in [0.1, 0.15) is 27.7 Å². The first-order chi connectivity index (χ1) is 9.82. The van der Waals surface area contributed by atoms with Gasteiger partial charge in [0.2, 0.25) is 5.91 Å². The summed E-state index contributed by atoms with van der Waals surface area (Å²) in [5.74, 6) is -0.00457. The van der Waals surface area contributed by atoms with Gasteiger partial charge in [-0.1, -0.05) is 43.6 Å². The third kappa shape index (κ3) is 3.12. The van der Waals surface area contributed by atoms with Gasteiger partial charge in [0.05, 0.1) is 0 Å². The van der Waals surface area contributed by atoms with Crippen molar-refractivity contribution in [2.75, 3.05) is 4.90 Å². The van der Waals surface area contributed by atoms with Gasteiger partial charge in [0.15, 0.2) is 0 Å². The van der Waals surface area contributed by atoms with E-state index in [0.717, 1.165) is 10.2 Å². The predicted molar refractivity (Wildman–Crippen MR) is 87.0 cm³/mol. The Morgan fingerprint density at radius 1 is 1.05 bits per heavy atom. The summed E-state index contributed by atoms with van der Waals surface area (Å²) in [7, 11) is 0. The number of hydrogen-bond donors (Lipinski definition) is 1. The first-order valence-corrected chi connectivity index (χ1v) is 8.01. The monoisotopic (exact) mass is 352 g/mol. The maximum atomic E-state index is 12.8. The van der Waals surface area contributed by atoms with Crippen molar-refractivity contribution in [2.24, 2.45) is 11.8 Å². The number of carbonyl (C=O) groups excluding carboxylic acids is 2. The van der Waals surface area contributed by atoms with Crippen molar-refractivity contribution >= 4 is 33.4 Å². The second kappa shape index (κ2) is 6.18. The Kier molecular flexibility index (Phi) is 4.71. The summed E-state index contributed by atoms with van der Waals surface area (Å²) < 4.78 is 0.946. The van der Waals surface area contributed by atoms with Gasteiger partial charge in [-0.15, -0.1) is 0 Å². The van der Waals surface area contributed by atoms with Gasteiger partial charge in [0.25, 0.3) is 5.91 Å². The fourth-order valence-electron chi connectivity index (χ4n) is 2.65. The number of piperazine rings is 1. The van der Waals surface area contributed by atoms with E-state index in [9.17, 15) is 9.59 Å². The van der Waals surface area contributed by atoms with Gasteiger partial charge in [-0.3, -0.25) is 14.5 Å². The van der Waals surface area contributed by atoms with Crippen LogP contribution < -0.4 is 10.2 Å². The van der Waals surface area contributed by atoms with Crippen LogP contribution in [0.2, 0.25) is 0 Å². The number of benzene rings is 1. The second-order valence-electron chi connectivity index (χ2n) is 6.10. The topological polar surface area (TPSA) is 49.4 Å².